The molecule has 1 aromatic rings. The van der Waals surface area contributed by atoms with Gasteiger partial charge in [0, 0.05) is 31.7 Å². The maximum Gasteiger partial charge on any atom is 0.410 e. The molecule has 25 heavy (non-hydrogen) atoms. The van der Waals surface area contributed by atoms with Crippen LogP contribution in [0.2, 0.25) is 0 Å². The standard InChI is InChI=1S/C16H21N3O3.CH2O2/c1-17(2)9-12-5-3-4-6-14(12)15(20)18-7-8-19-13(10-18)11-22-16(19)21;2-1-3/h3-6,13H,7-11H2,1-2H3;1H,(H,2,3). The van der Waals surface area contributed by atoms with Crippen LogP contribution in [0.15, 0.2) is 24.3 Å². The lowest BCUT2D eigenvalue weighted by Crippen LogP contribution is -2.53. The van der Waals surface area contributed by atoms with Crippen LogP contribution in [0.25, 0.3) is 0 Å². The van der Waals surface area contributed by atoms with Gasteiger partial charge in [0.2, 0.25) is 0 Å². The number of rotatable bonds is 3. The van der Waals surface area contributed by atoms with E-state index in [0.717, 1.165) is 17.7 Å². The molecule has 136 valence electrons. The topological polar surface area (TPSA) is 90.4 Å². The number of benzene rings is 1. The summed E-state index contributed by atoms with van der Waals surface area (Å²) in [7, 11) is 3.98. The predicted molar refractivity (Wildman–Crippen MR) is 90.3 cm³/mol. The molecular formula is C17H23N3O5. The highest BCUT2D eigenvalue weighted by atomic mass is 16.6. The molecule has 1 N–H and O–H groups in total. The lowest BCUT2D eigenvalue weighted by molar-refractivity contribution is -0.122. The molecule has 2 aliphatic rings. The lowest BCUT2D eigenvalue weighted by Gasteiger charge is -2.35. The van der Waals surface area contributed by atoms with Crippen LogP contribution in [0, 0.1) is 0 Å². The molecule has 2 fully saturated rings. The van der Waals surface area contributed by atoms with Crippen LogP contribution in [0.1, 0.15) is 15.9 Å². The number of ether oxygens (including phenoxy) is 1. The average Bonchev–Trinajstić information content (AvgIpc) is 2.95. The molecule has 0 saturated carbocycles. The van der Waals surface area contributed by atoms with Crippen molar-refractivity contribution in [3.8, 4) is 0 Å². The van der Waals surface area contributed by atoms with Gasteiger partial charge in [0.25, 0.3) is 12.4 Å². The number of hydrogen-bond acceptors (Lipinski definition) is 5. The number of carbonyl (C=O) groups is 3. The molecule has 2 aliphatic heterocycles. The normalized spacial score (nSPS) is 19.0. The van der Waals surface area contributed by atoms with E-state index < -0.39 is 0 Å². The Bertz CT molecular complexity index is 634. The van der Waals surface area contributed by atoms with E-state index in [1.165, 1.54) is 0 Å². The first-order valence-electron chi connectivity index (χ1n) is 8.01. The fourth-order valence-corrected chi connectivity index (χ4v) is 3.05. The third-order valence-corrected chi connectivity index (χ3v) is 4.14. The maximum absolute atomic E-state index is 12.8. The molecule has 0 aliphatic carbocycles. The molecule has 2 amide bonds. The Morgan fingerprint density at radius 2 is 2.04 bits per heavy atom. The maximum atomic E-state index is 12.8. The number of carbonyl (C=O) groups excluding carboxylic acids is 2. The van der Waals surface area contributed by atoms with Crippen molar-refractivity contribution in [1.82, 2.24) is 14.7 Å². The summed E-state index contributed by atoms with van der Waals surface area (Å²) < 4.78 is 5.05. The molecule has 0 bridgehead atoms. The second-order valence-electron chi connectivity index (χ2n) is 6.18. The first kappa shape index (κ1) is 18.7. The Labute approximate surface area is 146 Å². The molecule has 3 rings (SSSR count). The lowest BCUT2D eigenvalue weighted by atomic mass is 10.0. The van der Waals surface area contributed by atoms with Gasteiger partial charge >= 0.3 is 6.09 Å². The number of fused-ring (bicyclic) bond motifs is 1. The fourth-order valence-electron chi connectivity index (χ4n) is 3.05. The van der Waals surface area contributed by atoms with Crippen molar-refractivity contribution in [1.29, 1.82) is 0 Å². The number of cyclic esters (lactones) is 1. The van der Waals surface area contributed by atoms with Crippen LogP contribution in [0.3, 0.4) is 0 Å². The number of amides is 2. The fraction of sp³-hybridized carbons (Fsp3) is 0.471. The van der Waals surface area contributed by atoms with Crippen LogP contribution in [-0.2, 0) is 16.1 Å². The smallest absolute Gasteiger partial charge is 0.410 e. The van der Waals surface area contributed by atoms with Crippen LogP contribution in [0.5, 0.6) is 0 Å². The van der Waals surface area contributed by atoms with Gasteiger partial charge in [0.15, 0.2) is 0 Å². The minimum absolute atomic E-state index is 0.00814. The van der Waals surface area contributed by atoms with Crippen LogP contribution in [0.4, 0.5) is 4.79 Å². The van der Waals surface area contributed by atoms with Crippen molar-refractivity contribution >= 4 is 18.5 Å². The van der Waals surface area contributed by atoms with Crippen molar-refractivity contribution in [2.45, 2.75) is 12.6 Å². The molecule has 8 heteroatoms. The Hall–Kier alpha value is -2.61. The van der Waals surface area contributed by atoms with E-state index >= 15 is 0 Å². The van der Waals surface area contributed by atoms with Crippen molar-refractivity contribution in [2.24, 2.45) is 0 Å². The first-order chi connectivity index (χ1) is 12.0. The summed E-state index contributed by atoms with van der Waals surface area (Å²) >= 11 is 0. The van der Waals surface area contributed by atoms with E-state index in [-0.39, 0.29) is 24.5 Å². The molecule has 0 radical (unpaired) electrons. The molecule has 1 aromatic carbocycles. The minimum atomic E-state index is -0.259. The summed E-state index contributed by atoms with van der Waals surface area (Å²) in [5.74, 6) is 0.0384. The van der Waals surface area contributed by atoms with Crippen molar-refractivity contribution in [2.75, 3.05) is 40.3 Å². The highest BCUT2D eigenvalue weighted by Gasteiger charge is 2.39. The van der Waals surface area contributed by atoms with E-state index in [1.54, 1.807) is 4.90 Å². The summed E-state index contributed by atoms with van der Waals surface area (Å²) in [6, 6.07) is 7.71. The largest absolute Gasteiger partial charge is 0.483 e. The van der Waals surface area contributed by atoms with Crippen LogP contribution < -0.4 is 0 Å². The molecule has 0 aromatic heterocycles. The predicted octanol–water partition coefficient (Wildman–Crippen LogP) is 0.726. The van der Waals surface area contributed by atoms with Crippen LogP contribution in [-0.4, -0.2) is 84.7 Å². The molecule has 1 unspecified atom stereocenters. The summed E-state index contributed by atoms with van der Waals surface area (Å²) in [6.07, 6.45) is -0.259. The quantitative estimate of drug-likeness (QED) is 0.809. The van der Waals surface area contributed by atoms with Crippen molar-refractivity contribution in [3.05, 3.63) is 35.4 Å². The second-order valence-corrected chi connectivity index (χ2v) is 6.18. The molecule has 1 atom stereocenters. The summed E-state index contributed by atoms with van der Waals surface area (Å²) in [6.45, 7) is 2.50. The monoisotopic (exact) mass is 349 g/mol. The number of nitrogens with zero attached hydrogens (tertiary/aromatic N) is 3. The number of hydrogen-bond donors (Lipinski definition) is 1. The van der Waals surface area contributed by atoms with Gasteiger partial charge in [-0.1, -0.05) is 18.2 Å². The van der Waals surface area contributed by atoms with E-state index in [9.17, 15) is 9.59 Å². The number of piperazine rings is 1. The van der Waals surface area contributed by atoms with Gasteiger partial charge in [-0.2, -0.15) is 0 Å². The number of carboxylic acid groups (broad SMARTS) is 1. The summed E-state index contributed by atoms with van der Waals surface area (Å²) in [4.78, 5) is 38.3. The van der Waals surface area contributed by atoms with Crippen molar-refractivity contribution < 1.29 is 24.2 Å². The zero-order chi connectivity index (χ0) is 18.4. The second kappa shape index (κ2) is 8.48. The van der Waals surface area contributed by atoms with Gasteiger partial charge in [-0.15, -0.1) is 0 Å². The van der Waals surface area contributed by atoms with Crippen molar-refractivity contribution in [3.63, 3.8) is 0 Å². The Kier molecular flexibility index (Phi) is 6.35. The van der Waals surface area contributed by atoms with Gasteiger partial charge in [-0.3, -0.25) is 14.5 Å². The van der Waals surface area contributed by atoms with E-state index in [2.05, 4.69) is 0 Å². The molecule has 0 spiro atoms. The van der Waals surface area contributed by atoms with Gasteiger partial charge in [-0.05, 0) is 25.7 Å². The van der Waals surface area contributed by atoms with Gasteiger partial charge < -0.3 is 19.6 Å². The molecule has 2 heterocycles. The van der Waals surface area contributed by atoms with Gasteiger partial charge in [0.05, 0.1) is 6.04 Å². The van der Waals surface area contributed by atoms with Gasteiger partial charge in [-0.25, -0.2) is 4.79 Å². The van der Waals surface area contributed by atoms with E-state index in [0.29, 0.717) is 26.2 Å². The first-order valence-corrected chi connectivity index (χ1v) is 8.01. The zero-order valence-electron chi connectivity index (χ0n) is 14.4. The SMILES string of the molecule is CN(C)Cc1ccccc1C(=O)N1CCN2C(=O)OCC2C1.O=CO. The highest BCUT2D eigenvalue weighted by molar-refractivity contribution is 5.96. The third-order valence-electron chi connectivity index (χ3n) is 4.14. The van der Waals surface area contributed by atoms with E-state index in [1.807, 2.05) is 48.2 Å². The summed E-state index contributed by atoms with van der Waals surface area (Å²) in [5.41, 5.74) is 1.77. The van der Waals surface area contributed by atoms with Gasteiger partial charge in [0.1, 0.15) is 6.61 Å². The Morgan fingerprint density at radius 1 is 1.36 bits per heavy atom. The highest BCUT2D eigenvalue weighted by Crippen LogP contribution is 2.21. The molecule has 8 nitrogen and oxygen atoms in total. The molecule has 2 saturated heterocycles. The Morgan fingerprint density at radius 3 is 2.72 bits per heavy atom. The summed E-state index contributed by atoms with van der Waals surface area (Å²) in [5, 5.41) is 6.89. The van der Waals surface area contributed by atoms with Crippen LogP contribution >= 0.6 is 0 Å². The molecular weight excluding hydrogens is 326 g/mol. The minimum Gasteiger partial charge on any atom is -0.483 e. The third kappa shape index (κ3) is 4.48. The van der Waals surface area contributed by atoms with E-state index in [4.69, 9.17) is 14.6 Å². The zero-order valence-corrected chi connectivity index (χ0v) is 14.4. The Balaban J connectivity index is 0.000000701. The average molecular weight is 349 g/mol.